The number of rotatable bonds is 20. The molecule has 57 heavy (non-hydrogen) atoms. The monoisotopic (exact) mass is 791 g/mol. The van der Waals surface area contributed by atoms with Gasteiger partial charge in [-0.05, 0) is 185 Å². The van der Waals surface area contributed by atoms with Gasteiger partial charge < -0.3 is 4.74 Å². The molecule has 0 spiro atoms. The van der Waals surface area contributed by atoms with E-state index in [1.54, 1.807) is 0 Å². The van der Waals surface area contributed by atoms with Gasteiger partial charge in [-0.25, -0.2) is 17.6 Å². The summed E-state index contributed by atoms with van der Waals surface area (Å²) in [5.41, 5.74) is 1.49. The van der Waals surface area contributed by atoms with E-state index in [1.807, 2.05) is 0 Å². The highest BCUT2D eigenvalue weighted by molar-refractivity contribution is 5.28. The van der Waals surface area contributed by atoms with Gasteiger partial charge in [0.1, 0.15) is 23.3 Å². The van der Waals surface area contributed by atoms with Crippen LogP contribution in [0.1, 0.15) is 164 Å². The molecular weight excluding hydrogens is 717 g/mol. The Kier molecular flexibility index (Phi) is 17.7. The molecule has 0 amide bonds. The first kappa shape index (κ1) is 44.2. The van der Waals surface area contributed by atoms with Crippen molar-refractivity contribution in [3.63, 3.8) is 0 Å². The van der Waals surface area contributed by atoms with E-state index >= 15 is 17.6 Å². The molecule has 4 fully saturated rings. The van der Waals surface area contributed by atoms with E-state index in [9.17, 15) is 0 Å². The van der Waals surface area contributed by atoms with Gasteiger partial charge in [-0.2, -0.15) is 0 Å². The van der Waals surface area contributed by atoms with Crippen LogP contribution in [0.15, 0.2) is 49.6 Å². The molecule has 0 saturated heterocycles. The van der Waals surface area contributed by atoms with Crippen molar-refractivity contribution in [1.82, 2.24) is 0 Å². The van der Waals surface area contributed by atoms with Crippen LogP contribution in [-0.2, 0) is 30.4 Å². The molecule has 0 heterocycles. The van der Waals surface area contributed by atoms with Gasteiger partial charge in [-0.15, -0.1) is 13.2 Å². The van der Waals surface area contributed by atoms with Crippen LogP contribution in [0.3, 0.4) is 0 Å². The average molecular weight is 791 g/mol. The Morgan fingerprint density at radius 3 is 0.982 bits per heavy atom. The molecule has 0 radical (unpaired) electrons. The average Bonchev–Trinajstić information content (AvgIpc) is 3.23. The minimum absolute atomic E-state index is 0.0238. The summed E-state index contributed by atoms with van der Waals surface area (Å²) in [6, 6.07) is 5.96. The first-order valence-electron chi connectivity index (χ1n) is 23.5. The van der Waals surface area contributed by atoms with Crippen LogP contribution in [0.2, 0.25) is 0 Å². The first-order valence-corrected chi connectivity index (χ1v) is 23.5. The van der Waals surface area contributed by atoms with Gasteiger partial charge in [0, 0.05) is 24.0 Å². The maximum absolute atomic E-state index is 15.1. The van der Waals surface area contributed by atoms with Crippen LogP contribution in [0, 0.1) is 70.6 Å². The standard InChI is InChI=1S/C52H74F4O/c1-3-5-7-37-13-21-43(22-14-37)45-25-17-39(18-26-45)9-11-41-33-49(53)47(50(54)34-41)29-31-57-32-30-48-51(55)35-42(36-52(48)56)12-10-40-19-27-46(28-20-40)44-23-15-38(16-24-44)8-6-4-2/h3-4,33-40,43-46H,1-2,5-32H2. The number of ether oxygens (including phenoxy) is 1. The summed E-state index contributed by atoms with van der Waals surface area (Å²) in [5, 5.41) is 0. The molecule has 0 bridgehead atoms. The zero-order valence-electron chi connectivity index (χ0n) is 35.2. The largest absolute Gasteiger partial charge is 0.381 e. The predicted octanol–water partition coefficient (Wildman–Crippen LogP) is 15.1. The molecule has 0 aliphatic heterocycles. The van der Waals surface area contributed by atoms with Crippen LogP contribution >= 0.6 is 0 Å². The van der Waals surface area contributed by atoms with E-state index in [0.29, 0.717) is 24.7 Å². The van der Waals surface area contributed by atoms with Crippen molar-refractivity contribution in [2.45, 2.75) is 167 Å². The number of halogens is 4. The molecule has 4 aliphatic carbocycles. The molecule has 1 nitrogen and oxygen atoms in total. The van der Waals surface area contributed by atoms with E-state index in [4.69, 9.17) is 4.74 Å². The van der Waals surface area contributed by atoms with Crippen molar-refractivity contribution < 1.29 is 22.3 Å². The van der Waals surface area contributed by atoms with Gasteiger partial charge >= 0.3 is 0 Å². The summed E-state index contributed by atoms with van der Waals surface area (Å²) < 4.78 is 65.9. The third-order valence-corrected chi connectivity index (χ3v) is 15.5. The van der Waals surface area contributed by atoms with Crippen LogP contribution in [0.4, 0.5) is 17.6 Å². The van der Waals surface area contributed by atoms with Gasteiger partial charge in [0.25, 0.3) is 0 Å². The number of hydrogen-bond acceptors (Lipinski definition) is 1. The molecule has 2 aromatic carbocycles. The quantitative estimate of drug-likeness (QED) is 0.0737. The van der Waals surface area contributed by atoms with Crippen LogP contribution in [-0.4, -0.2) is 13.2 Å². The molecule has 316 valence electrons. The van der Waals surface area contributed by atoms with E-state index in [2.05, 4.69) is 25.3 Å². The maximum Gasteiger partial charge on any atom is 0.129 e. The summed E-state index contributed by atoms with van der Waals surface area (Å²) in [7, 11) is 0. The smallest absolute Gasteiger partial charge is 0.129 e. The highest BCUT2D eigenvalue weighted by Crippen LogP contribution is 2.44. The van der Waals surface area contributed by atoms with Crippen molar-refractivity contribution >= 4 is 0 Å². The van der Waals surface area contributed by atoms with E-state index in [0.717, 1.165) is 72.3 Å². The fourth-order valence-corrected chi connectivity index (χ4v) is 11.8. The summed E-state index contributed by atoms with van der Waals surface area (Å²) in [5.74, 6) is 4.44. The van der Waals surface area contributed by atoms with Crippen molar-refractivity contribution in [2.24, 2.45) is 47.3 Å². The molecular formula is C52H74F4O. The predicted molar refractivity (Wildman–Crippen MR) is 228 cm³/mol. The van der Waals surface area contributed by atoms with Crippen LogP contribution in [0.5, 0.6) is 0 Å². The summed E-state index contributed by atoms with van der Waals surface area (Å²) >= 11 is 0. The highest BCUT2D eigenvalue weighted by Gasteiger charge is 2.32. The van der Waals surface area contributed by atoms with Gasteiger partial charge in [0.15, 0.2) is 0 Å². The highest BCUT2D eigenvalue weighted by atomic mass is 19.1. The molecule has 0 aromatic heterocycles. The van der Waals surface area contributed by atoms with E-state index in [1.165, 1.54) is 140 Å². The molecule has 2 aromatic rings. The second-order valence-electron chi connectivity index (χ2n) is 19.1. The van der Waals surface area contributed by atoms with E-state index < -0.39 is 23.3 Å². The minimum atomic E-state index is -0.529. The third-order valence-electron chi connectivity index (χ3n) is 15.5. The van der Waals surface area contributed by atoms with Gasteiger partial charge in [0.2, 0.25) is 0 Å². The Bertz CT molecular complexity index is 1360. The minimum Gasteiger partial charge on any atom is -0.381 e. The maximum atomic E-state index is 15.1. The molecule has 4 saturated carbocycles. The Morgan fingerprint density at radius 2 is 0.702 bits per heavy atom. The second-order valence-corrected chi connectivity index (χ2v) is 19.1. The Balaban J connectivity index is 0.844. The van der Waals surface area contributed by atoms with Crippen LogP contribution in [0.25, 0.3) is 0 Å². The molecule has 0 unspecified atom stereocenters. The lowest BCUT2D eigenvalue weighted by Crippen LogP contribution is -2.26. The zero-order valence-corrected chi connectivity index (χ0v) is 35.2. The van der Waals surface area contributed by atoms with Crippen molar-refractivity contribution in [1.29, 1.82) is 0 Å². The van der Waals surface area contributed by atoms with Gasteiger partial charge in [-0.1, -0.05) is 63.5 Å². The molecule has 6 rings (SSSR count). The van der Waals surface area contributed by atoms with Crippen molar-refractivity contribution in [3.05, 3.63) is 95.1 Å². The topological polar surface area (TPSA) is 9.23 Å². The lowest BCUT2D eigenvalue weighted by Gasteiger charge is -2.38. The number of aryl methyl sites for hydroxylation is 2. The number of benzene rings is 2. The lowest BCUT2D eigenvalue weighted by molar-refractivity contribution is 0.137. The fourth-order valence-electron chi connectivity index (χ4n) is 11.8. The van der Waals surface area contributed by atoms with Crippen molar-refractivity contribution in [3.8, 4) is 0 Å². The summed E-state index contributed by atoms with van der Waals surface area (Å²) in [6.45, 7) is 7.94. The van der Waals surface area contributed by atoms with Gasteiger partial charge in [0.05, 0.1) is 13.2 Å². The number of hydrogen-bond donors (Lipinski definition) is 0. The molecule has 0 atom stereocenters. The molecule has 5 heteroatoms. The zero-order chi connectivity index (χ0) is 40.0. The third kappa shape index (κ3) is 13.3. The van der Waals surface area contributed by atoms with Crippen molar-refractivity contribution in [2.75, 3.05) is 13.2 Å². The number of allylic oxidation sites excluding steroid dienone is 2. The van der Waals surface area contributed by atoms with Crippen LogP contribution < -0.4 is 0 Å². The Morgan fingerprint density at radius 1 is 0.421 bits per heavy atom. The lowest BCUT2D eigenvalue weighted by atomic mass is 9.68. The molecule has 4 aliphatic rings. The molecule has 0 N–H and O–H groups in total. The van der Waals surface area contributed by atoms with Gasteiger partial charge in [-0.3, -0.25) is 0 Å². The Labute approximate surface area is 343 Å². The normalized spacial score (nSPS) is 28.3. The second kappa shape index (κ2) is 22.8. The fraction of sp³-hybridized carbons (Fsp3) is 0.692. The Hall–Kier alpha value is -2.40. The summed E-state index contributed by atoms with van der Waals surface area (Å²) in [6.07, 6.45) is 33.8. The first-order chi connectivity index (χ1) is 27.8. The summed E-state index contributed by atoms with van der Waals surface area (Å²) in [4.78, 5) is 0. The SMILES string of the molecule is C=CCCC1CCC(C2CCC(CCc3cc(F)c(CCOCCc4c(F)cc(CCC5CCC(C6CCC(CCC=C)CC6)CC5)cc4F)c(F)c3)CC2)CC1. The van der Waals surface area contributed by atoms with E-state index in [-0.39, 0.29) is 37.2 Å².